The van der Waals surface area contributed by atoms with E-state index in [2.05, 4.69) is 29.2 Å². The van der Waals surface area contributed by atoms with Crippen molar-refractivity contribution in [2.45, 2.75) is 33.2 Å². The van der Waals surface area contributed by atoms with Gasteiger partial charge in [0.1, 0.15) is 6.04 Å². The van der Waals surface area contributed by atoms with Gasteiger partial charge in [-0.25, -0.2) is 4.98 Å². The molecule has 0 radical (unpaired) electrons. The van der Waals surface area contributed by atoms with Crippen molar-refractivity contribution in [3.05, 3.63) is 35.5 Å². The summed E-state index contributed by atoms with van der Waals surface area (Å²) in [5.74, 6) is 0.261. The van der Waals surface area contributed by atoms with Gasteiger partial charge in [-0.15, -0.1) is 11.3 Å². The molecule has 0 aliphatic carbocycles. The van der Waals surface area contributed by atoms with Crippen molar-refractivity contribution in [2.75, 3.05) is 11.1 Å². The minimum Gasteiger partial charge on any atom is -0.399 e. The third-order valence-corrected chi connectivity index (χ3v) is 4.61. The fraction of sp³-hybridized carbons (Fsp3) is 0.353. The molecule has 0 aliphatic heterocycles. The number of nitrogens with one attached hydrogen (secondary N) is 1. The second-order valence-electron chi connectivity index (χ2n) is 6.28. The van der Waals surface area contributed by atoms with Gasteiger partial charge in [-0.1, -0.05) is 13.8 Å². The van der Waals surface area contributed by atoms with E-state index in [1.807, 2.05) is 35.2 Å². The maximum atomic E-state index is 12.8. The van der Waals surface area contributed by atoms with E-state index in [1.165, 1.54) is 11.3 Å². The van der Waals surface area contributed by atoms with Crippen molar-refractivity contribution in [3.63, 3.8) is 0 Å². The molecule has 7 heteroatoms. The number of aryl methyl sites for hydroxylation is 1. The molecule has 0 fully saturated rings. The van der Waals surface area contributed by atoms with E-state index < -0.39 is 0 Å². The molecule has 0 spiro atoms. The largest absolute Gasteiger partial charge is 0.399 e. The van der Waals surface area contributed by atoms with E-state index >= 15 is 0 Å². The van der Waals surface area contributed by atoms with E-state index in [-0.39, 0.29) is 11.9 Å². The highest BCUT2D eigenvalue weighted by Gasteiger charge is 2.25. The Hall–Kier alpha value is -2.41. The Morgan fingerprint density at radius 2 is 2.21 bits per heavy atom. The first-order valence-electron chi connectivity index (χ1n) is 7.90. The number of aromatic nitrogens is 3. The number of anilines is 2. The Labute approximate surface area is 144 Å². The van der Waals surface area contributed by atoms with Crippen molar-refractivity contribution in [2.24, 2.45) is 5.92 Å². The van der Waals surface area contributed by atoms with Crippen LogP contribution in [0.4, 0.5) is 10.8 Å². The molecule has 0 saturated carbocycles. The number of nitrogen functional groups attached to an aromatic ring is 1. The number of rotatable bonds is 5. The summed E-state index contributed by atoms with van der Waals surface area (Å²) < 4.78 is 1.81. The van der Waals surface area contributed by atoms with Gasteiger partial charge in [0, 0.05) is 28.3 Å². The lowest BCUT2D eigenvalue weighted by molar-refractivity contribution is -0.120. The smallest absolute Gasteiger partial charge is 0.251 e. The number of carbonyl (C=O) groups is 1. The lowest BCUT2D eigenvalue weighted by Gasteiger charge is -2.20. The summed E-state index contributed by atoms with van der Waals surface area (Å²) in [6.45, 7) is 6.17. The van der Waals surface area contributed by atoms with Crippen molar-refractivity contribution in [1.29, 1.82) is 0 Å². The highest BCUT2D eigenvalue weighted by Crippen LogP contribution is 2.27. The van der Waals surface area contributed by atoms with Crippen LogP contribution in [-0.4, -0.2) is 20.7 Å². The van der Waals surface area contributed by atoms with Crippen LogP contribution >= 0.6 is 11.3 Å². The summed E-state index contributed by atoms with van der Waals surface area (Å²) in [5, 5.41) is 11.0. The Bertz CT molecular complexity index is 853. The summed E-state index contributed by atoms with van der Waals surface area (Å²) >= 11 is 1.40. The molecule has 24 heavy (non-hydrogen) atoms. The number of nitrogens with zero attached hydrogens (tertiary/aromatic N) is 3. The maximum Gasteiger partial charge on any atom is 0.251 e. The molecule has 1 aromatic carbocycles. The normalized spacial score (nSPS) is 12.7. The number of carbonyl (C=O) groups excluding carboxylic acids is 1. The molecule has 0 bridgehead atoms. The number of thiazole rings is 1. The molecular weight excluding hydrogens is 322 g/mol. The second kappa shape index (κ2) is 6.60. The van der Waals surface area contributed by atoms with Crippen LogP contribution in [0.2, 0.25) is 0 Å². The molecule has 126 valence electrons. The van der Waals surface area contributed by atoms with Crippen LogP contribution in [0.5, 0.6) is 0 Å². The predicted octanol–water partition coefficient (Wildman–Crippen LogP) is 3.61. The van der Waals surface area contributed by atoms with Crippen LogP contribution in [0.3, 0.4) is 0 Å². The average Bonchev–Trinajstić information content (AvgIpc) is 3.13. The van der Waals surface area contributed by atoms with Gasteiger partial charge >= 0.3 is 0 Å². The van der Waals surface area contributed by atoms with Crippen LogP contribution in [0.15, 0.2) is 29.8 Å². The first-order valence-corrected chi connectivity index (χ1v) is 8.78. The third-order valence-electron chi connectivity index (χ3n) is 3.92. The number of fused-ring (bicyclic) bond motifs is 1. The van der Waals surface area contributed by atoms with Crippen LogP contribution in [0.25, 0.3) is 10.9 Å². The van der Waals surface area contributed by atoms with Crippen molar-refractivity contribution < 1.29 is 4.79 Å². The number of nitrogens with two attached hydrogens (primary N) is 1. The molecule has 1 amide bonds. The molecule has 3 rings (SSSR count). The minimum atomic E-state index is -0.387. The van der Waals surface area contributed by atoms with Crippen LogP contribution in [0.1, 0.15) is 32.0 Å². The van der Waals surface area contributed by atoms with Gasteiger partial charge in [-0.05, 0) is 37.5 Å². The number of amides is 1. The Balaban J connectivity index is 1.99. The topological polar surface area (TPSA) is 85.8 Å². The zero-order valence-electron chi connectivity index (χ0n) is 14.0. The van der Waals surface area contributed by atoms with Crippen molar-refractivity contribution in [1.82, 2.24) is 14.8 Å². The zero-order chi connectivity index (χ0) is 17.3. The molecule has 0 aliphatic rings. The highest BCUT2D eigenvalue weighted by atomic mass is 32.1. The first kappa shape index (κ1) is 16.4. The quantitative estimate of drug-likeness (QED) is 0.693. The van der Waals surface area contributed by atoms with Gasteiger partial charge in [-0.3, -0.25) is 9.48 Å². The third kappa shape index (κ3) is 3.26. The lowest BCUT2D eigenvalue weighted by Crippen LogP contribution is -2.28. The van der Waals surface area contributed by atoms with Gasteiger partial charge in [-0.2, -0.15) is 5.10 Å². The fourth-order valence-electron chi connectivity index (χ4n) is 2.79. The van der Waals surface area contributed by atoms with E-state index in [1.54, 1.807) is 6.20 Å². The van der Waals surface area contributed by atoms with Gasteiger partial charge in [0.25, 0.3) is 5.91 Å². The summed E-state index contributed by atoms with van der Waals surface area (Å²) in [6.07, 6.45) is 2.37. The van der Waals surface area contributed by atoms with Crippen molar-refractivity contribution >= 4 is 39.0 Å². The molecule has 2 heterocycles. The molecule has 2 aromatic heterocycles. The summed E-state index contributed by atoms with van der Waals surface area (Å²) in [6, 6.07) is 5.23. The average molecular weight is 343 g/mol. The lowest BCUT2D eigenvalue weighted by atomic mass is 10.0. The van der Waals surface area contributed by atoms with Gasteiger partial charge in [0.05, 0.1) is 5.52 Å². The minimum absolute atomic E-state index is 0.0949. The van der Waals surface area contributed by atoms with E-state index in [0.717, 1.165) is 16.6 Å². The molecule has 6 nitrogen and oxygen atoms in total. The van der Waals surface area contributed by atoms with E-state index in [0.29, 0.717) is 23.2 Å². The first-order chi connectivity index (χ1) is 11.5. The summed E-state index contributed by atoms with van der Waals surface area (Å²) in [4.78, 5) is 16.9. The van der Waals surface area contributed by atoms with Crippen LogP contribution in [0, 0.1) is 12.8 Å². The zero-order valence-corrected chi connectivity index (χ0v) is 14.8. The number of hydrogen-bond donors (Lipinski definition) is 2. The summed E-state index contributed by atoms with van der Waals surface area (Å²) in [7, 11) is 0. The molecule has 1 atom stereocenters. The standard InChI is InChI=1S/C17H21N5OS/c1-10(2)8-15(16(23)20-17-19-6-7-24-17)22-11(3)13-9-12(18)4-5-14(13)21-22/h4-7,9-10,15H,8,18H2,1-3H3,(H,19,20,23). The number of hydrogen-bond acceptors (Lipinski definition) is 5. The Morgan fingerprint density at radius 3 is 2.88 bits per heavy atom. The SMILES string of the molecule is Cc1c2cc(N)ccc2nn1C(CC(C)C)C(=O)Nc1nccs1. The van der Waals surface area contributed by atoms with Gasteiger partial charge in [0.15, 0.2) is 5.13 Å². The monoisotopic (exact) mass is 343 g/mol. The summed E-state index contributed by atoms with van der Waals surface area (Å²) in [5.41, 5.74) is 8.36. The Morgan fingerprint density at radius 1 is 1.42 bits per heavy atom. The number of benzene rings is 1. The maximum absolute atomic E-state index is 12.8. The molecule has 1 unspecified atom stereocenters. The highest BCUT2D eigenvalue weighted by molar-refractivity contribution is 7.13. The van der Waals surface area contributed by atoms with Crippen molar-refractivity contribution in [3.8, 4) is 0 Å². The molecular formula is C17H21N5OS. The fourth-order valence-corrected chi connectivity index (χ4v) is 3.32. The van der Waals surface area contributed by atoms with Gasteiger partial charge < -0.3 is 11.1 Å². The van der Waals surface area contributed by atoms with E-state index in [4.69, 9.17) is 5.73 Å². The molecule has 3 aromatic rings. The second-order valence-corrected chi connectivity index (χ2v) is 7.17. The Kier molecular flexibility index (Phi) is 4.53. The molecule has 3 N–H and O–H groups in total. The van der Waals surface area contributed by atoms with Crippen LogP contribution in [-0.2, 0) is 4.79 Å². The van der Waals surface area contributed by atoms with Crippen LogP contribution < -0.4 is 11.1 Å². The van der Waals surface area contributed by atoms with Gasteiger partial charge in [0.2, 0.25) is 0 Å². The van der Waals surface area contributed by atoms with E-state index in [9.17, 15) is 4.79 Å². The predicted molar refractivity (Wildman–Crippen MR) is 98.1 cm³/mol. The molecule has 0 saturated heterocycles.